The fraction of sp³-hybridized carbons (Fsp3) is 0.333. The first-order valence-electron chi connectivity index (χ1n) is 5.99. The van der Waals surface area contributed by atoms with Crippen LogP contribution in [0.4, 0.5) is 0 Å². The van der Waals surface area contributed by atoms with Gasteiger partial charge in [-0.2, -0.15) is 0 Å². The number of benzene rings is 1. The molecule has 0 saturated carbocycles. The van der Waals surface area contributed by atoms with Gasteiger partial charge in [-0.1, -0.05) is 0 Å². The van der Waals surface area contributed by atoms with Crippen molar-refractivity contribution in [3.05, 3.63) is 45.1 Å². The van der Waals surface area contributed by atoms with Crippen molar-refractivity contribution in [2.45, 2.75) is 19.2 Å². The third kappa shape index (κ3) is 2.88. The van der Waals surface area contributed by atoms with Gasteiger partial charge < -0.3 is 9.47 Å². The second kappa shape index (κ2) is 5.85. The van der Waals surface area contributed by atoms with Crippen LogP contribution in [0.1, 0.15) is 26.3 Å². The number of hydrogen-bond donors (Lipinski definition) is 0. The van der Waals surface area contributed by atoms with Crippen molar-refractivity contribution < 1.29 is 9.47 Å². The van der Waals surface area contributed by atoms with Crippen LogP contribution >= 0.6 is 22.9 Å². The Morgan fingerprint density at radius 2 is 1.68 bits per heavy atom. The van der Waals surface area contributed by atoms with Crippen LogP contribution in [0.15, 0.2) is 24.3 Å². The average molecular weight is 297 g/mol. The van der Waals surface area contributed by atoms with E-state index in [0.29, 0.717) is 5.75 Å². The molecule has 0 saturated heterocycles. The number of halogens is 1. The van der Waals surface area contributed by atoms with Gasteiger partial charge in [-0.15, -0.1) is 22.9 Å². The van der Waals surface area contributed by atoms with Crippen LogP contribution in [0.5, 0.6) is 11.5 Å². The third-order valence-electron chi connectivity index (χ3n) is 3.06. The van der Waals surface area contributed by atoms with Gasteiger partial charge in [0.15, 0.2) is 11.5 Å². The van der Waals surface area contributed by atoms with E-state index in [0.717, 1.165) is 21.8 Å². The summed E-state index contributed by atoms with van der Waals surface area (Å²) in [6.45, 7) is 4.12. The molecule has 2 rings (SSSR count). The number of rotatable bonds is 4. The van der Waals surface area contributed by atoms with Crippen molar-refractivity contribution in [2.75, 3.05) is 14.2 Å². The van der Waals surface area contributed by atoms with E-state index < -0.39 is 0 Å². The fourth-order valence-electron chi connectivity index (χ4n) is 2.01. The van der Waals surface area contributed by atoms with Gasteiger partial charge in [0.25, 0.3) is 0 Å². The van der Waals surface area contributed by atoms with Crippen molar-refractivity contribution >= 4 is 22.9 Å². The molecule has 0 aliphatic heterocycles. The van der Waals surface area contributed by atoms with E-state index in [9.17, 15) is 0 Å². The molecule has 1 unspecified atom stereocenters. The highest BCUT2D eigenvalue weighted by molar-refractivity contribution is 7.12. The standard InChI is InChI=1S/C15H17ClO2S/c1-9-7-12(17-3)13(18-4)8-11(9)15(16)14-6-5-10(2)19-14/h5-8,15H,1-4H3. The zero-order chi connectivity index (χ0) is 14.0. The summed E-state index contributed by atoms with van der Waals surface area (Å²) in [7, 11) is 3.27. The van der Waals surface area contributed by atoms with Crippen molar-refractivity contribution in [1.82, 2.24) is 0 Å². The van der Waals surface area contributed by atoms with E-state index in [-0.39, 0.29) is 5.38 Å². The minimum absolute atomic E-state index is 0.154. The molecule has 2 nitrogen and oxygen atoms in total. The largest absolute Gasteiger partial charge is 0.493 e. The van der Waals surface area contributed by atoms with Gasteiger partial charge in [0.1, 0.15) is 0 Å². The topological polar surface area (TPSA) is 18.5 Å². The Balaban J connectivity index is 2.44. The van der Waals surface area contributed by atoms with Gasteiger partial charge in [0.2, 0.25) is 0 Å². The van der Waals surface area contributed by atoms with E-state index in [1.165, 1.54) is 4.88 Å². The number of methoxy groups -OCH3 is 2. The Morgan fingerprint density at radius 3 is 2.21 bits per heavy atom. The zero-order valence-electron chi connectivity index (χ0n) is 11.5. The first-order chi connectivity index (χ1) is 9.06. The molecule has 0 fully saturated rings. The lowest BCUT2D eigenvalue weighted by atomic mass is 10.0. The minimum atomic E-state index is -0.154. The first kappa shape index (κ1) is 14.2. The zero-order valence-corrected chi connectivity index (χ0v) is 13.1. The van der Waals surface area contributed by atoms with Crippen LogP contribution in [0.3, 0.4) is 0 Å². The summed E-state index contributed by atoms with van der Waals surface area (Å²) in [6, 6.07) is 8.09. The lowest BCUT2D eigenvalue weighted by Crippen LogP contribution is -1.98. The molecule has 1 heterocycles. The Kier molecular flexibility index (Phi) is 4.38. The molecule has 0 aliphatic rings. The lowest BCUT2D eigenvalue weighted by Gasteiger charge is -2.15. The van der Waals surface area contributed by atoms with E-state index >= 15 is 0 Å². The molecule has 1 aromatic carbocycles. The molecule has 102 valence electrons. The molecule has 4 heteroatoms. The maximum absolute atomic E-state index is 6.59. The second-order valence-corrected chi connectivity index (χ2v) is 6.13. The molecule has 1 aromatic heterocycles. The molecule has 0 aliphatic carbocycles. The van der Waals surface area contributed by atoms with Gasteiger partial charge in [0, 0.05) is 9.75 Å². The summed E-state index contributed by atoms with van der Waals surface area (Å²) in [5.74, 6) is 1.44. The van der Waals surface area contributed by atoms with Gasteiger partial charge in [-0.25, -0.2) is 0 Å². The first-order valence-corrected chi connectivity index (χ1v) is 7.25. The Labute approximate surface area is 122 Å². The number of hydrogen-bond acceptors (Lipinski definition) is 3. The second-order valence-electron chi connectivity index (χ2n) is 4.37. The van der Waals surface area contributed by atoms with Crippen molar-refractivity contribution in [3.63, 3.8) is 0 Å². The number of alkyl halides is 1. The maximum atomic E-state index is 6.59. The lowest BCUT2D eigenvalue weighted by molar-refractivity contribution is 0.354. The molecule has 1 atom stereocenters. The maximum Gasteiger partial charge on any atom is 0.161 e. The molecule has 0 spiro atoms. The van der Waals surface area contributed by atoms with Crippen molar-refractivity contribution in [3.8, 4) is 11.5 Å². The van der Waals surface area contributed by atoms with Crippen LogP contribution in [0.25, 0.3) is 0 Å². The summed E-state index contributed by atoms with van der Waals surface area (Å²) < 4.78 is 10.6. The molecular weight excluding hydrogens is 280 g/mol. The number of aryl methyl sites for hydroxylation is 2. The predicted molar refractivity (Wildman–Crippen MR) is 81.0 cm³/mol. The van der Waals surface area contributed by atoms with Gasteiger partial charge >= 0.3 is 0 Å². The average Bonchev–Trinajstić information content (AvgIpc) is 2.84. The SMILES string of the molecule is COc1cc(C)c(C(Cl)c2ccc(C)s2)cc1OC. The molecule has 0 radical (unpaired) electrons. The van der Waals surface area contributed by atoms with Gasteiger partial charge in [0.05, 0.1) is 19.6 Å². The summed E-state index contributed by atoms with van der Waals surface area (Å²) in [5, 5.41) is -0.154. The third-order valence-corrected chi connectivity index (χ3v) is 4.72. The Hall–Kier alpha value is -1.19. The highest BCUT2D eigenvalue weighted by atomic mass is 35.5. The summed E-state index contributed by atoms with van der Waals surface area (Å²) in [4.78, 5) is 2.41. The molecule has 0 N–H and O–H groups in total. The van der Waals surface area contributed by atoms with Crippen molar-refractivity contribution in [1.29, 1.82) is 0 Å². The number of thiophene rings is 1. The van der Waals surface area contributed by atoms with Crippen LogP contribution in [0, 0.1) is 13.8 Å². The Morgan fingerprint density at radius 1 is 1.05 bits per heavy atom. The molecular formula is C15H17ClO2S. The van der Waals surface area contributed by atoms with Crippen LogP contribution in [-0.4, -0.2) is 14.2 Å². The summed E-state index contributed by atoms with van der Waals surface area (Å²) >= 11 is 8.31. The highest BCUT2D eigenvalue weighted by Gasteiger charge is 2.18. The molecule has 19 heavy (non-hydrogen) atoms. The smallest absolute Gasteiger partial charge is 0.161 e. The van der Waals surface area contributed by atoms with Gasteiger partial charge in [-0.3, -0.25) is 0 Å². The summed E-state index contributed by atoms with van der Waals surface area (Å²) in [6.07, 6.45) is 0. The van der Waals surface area contributed by atoms with Crippen LogP contribution < -0.4 is 9.47 Å². The van der Waals surface area contributed by atoms with Crippen LogP contribution in [-0.2, 0) is 0 Å². The predicted octanol–water partition coefficient (Wildman–Crippen LogP) is 4.71. The summed E-state index contributed by atoms with van der Waals surface area (Å²) in [5.41, 5.74) is 2.16. The quantitative estimate of drug-likeness (QED) is 0.761. The highest BCUT2D eigenvalue weighted by Crippen LogP contribution is 2.39. The van der Waals surface area contributed by atoms with Crippen molar-refractivity contribution in [2.24, 2.45) is 0 Å². The minimum Gasteiger partial charge on any atom is -0.493 e. The Bertz CT molecular complexity index is 578. The fourth-order valence-corrected chi connectivity index (χ4v) is 3.33. The van der Waals surface area contributed by atoms with Gasteiger partial charge in [-0.05, 0) is 49.2 Å². The molecule has 0 amide bonds. The van der Waals surface area contributed by atoms with Crippen LogP contribution in [0.2, 0.25) is 0 Å². The monoisotopic (exact) mass is 296 g/mol. The van der Waals surface area contributed by atoms with E-state index in [4.69, 9.17) is 21.1 Å². The van der Waals surface area contributed by atoms with E-state index in [1.807, 2.05) is 19.1 Å². The van der Waals surface area contributed by atoms with E-state index in [2.05, 4.69) is 19.1 Å². The molecule has 2 aromatic rings. The molecule has 0 bridgehead atoms. The normalized spacial score (nSPS) is 12.3. The van der Waals surface area contributed by atoms with E-state index in [1.54, 1.807) is 25.6 Å². The number of ether oxygens (including phenoxy) is 2.